The van der Waals surface area contributed by atoms with Crippen LogP contribution >= 0.6 is 15.9 Å². The van der Waals surface area contributed by atoms with Gasteiger partial charge in [0.15, 0.2) is 0 Å². The van der Waals surface area contributed by atoms with E-state index in [1.165, 1.54) is 24.1 Å². The number of halogens is 1. The zero-order valence-corrected chi connectivity index (χ0v) is 13.0. The minimum atomic E-state index is 0.600. The molecule has 104 valence electrons. The second-order valence-electron chi connectivity index (χ2n) is 5.08. The van der Waals surface area contributed by atoms with Gasteiger partial charge in [0.05, 0.1) is 4.47 Å². The van der Waals surface area contributed by atoms with Crippen molar-refractivity contribution in [2.75, 3.05) is 18.0 Å². The van der Waals surface area contributed by atoms with Crippen LogP contribution in [0.5, 0.6) is 5.75 Å². The molecule has 0 bridgehead atoms. The average Bonchev–Trinajstić information content (AvgIpc) is 3.01. The van der Waals surface area contributed by atoms with Gasteiger partial charge in [0.1, 0.15) is 12.4 Å². The van der Waals surface area contributed by atoms with Gasteiger partial charge in [-0.05, 0) is 52.5 Å². The molecule has 1 saturated heterocycles. The van der Waals surface area contributed by atoms with Gasteiger partial charge in [-0.3, -0.25) is 0 Å². The molecule has 3 rings (SSSR count). The maximum Gasteiger partial charge on any atom is 0.134 e. The van der Waals surface area contributed by atoms with E-state index in [9.17, 15) is 0 Å². The lowest BCUT2D eigenvalue weighted by Gasteiger charge is -2.18. The van der Waals surface area contributed by atoms with Crippen molar-refractivity contribution in [2.45, 2.75) is 19.4 Å². The minimum absolute atomic E-state index is 0.600. The second-order valence-corrected chi connectivity index (χ2v) is 5.94. The standard InChI is InChI=1S/C17H18BrNO/c18-16-12-15(19-10-4-5-11-19)8-9-17(16)20-13-14-6-2-1-3-7-14/h1-3,6-9,12H,4-5,10-11,13H2. The summed E-state index contributed by atoms with van der Waals surface area (Å²) in [5.41, 5.74) is 2.46. The van der Waals surface area contributed by atoms with Crippen LogP contribution in [0.15, 0.2) is 53.0 Å². The van der Waals surface area contributed by atoms with E-state index in [0.717, 1.165) is 23.3 Å². The van der Waals surface area contributed by atoms with Gasteiger partial charge in [-0.1, -0.05) is 30.3 Å². The smallest absolute Gasteiger partial charge is 0.134 e. The van der Waals surface area contributed by atoms with E-state index in [-0.39, 0.29) is 0 Å². The molecule has 0 saturated carbocycles. The lowest BCUT2D eigenvalue weighted by atomic mass is 10.2. The van der Waals surface area contributed by atoms with Crippen molar-refractivity contribution < 1.29 is 4.74 Å². The molecule has 0 unspecified atom stereocenters. The normalized spacial score (nSPS) is 14.6. The Hall–Kier alpha value is -1.48. The van der Waals surface area contributed by atoms with Crippen molar-refractivity contribution in [3.63, 3.8) is 0 Å². The molecule has 2 aromatic rings. The Morgan fingerprint density at radius 3 is 2.45 bits per heavy atom. The van der Waals surface area contributed by atoms with Gasteiger partial charge in [0.25, 0.3) is 0 Å². The first kappa shape index (κ1) is 13.5. The highest BCUT2D eigenvalue weighted by Gasteiger charge is 2.13. The summed E-state index contributed by atoms with van der Waals surface area (Å²) in [5.74, 6) is 0.900. The summed E-state index contributed by atoms with van der Waals surface area (Å²) < 4.78 is 6.90. The molecule has 1 aliphatic rings. The number of rotatable bonds is 4. The molecule has 1 fully saturated rings. The van der Waals surface area contributed by atoms with Crippen LogP contribution in [0.25, 0.3) is 0 Å². The predicted molar refractivity (Wildman–Crippen MR) is 86.4 cm³/mol. The summed E-state index contributed by atoms with van der Waals surface area (Å²) in [6.45, 7) is 2.93. The zero-order valence-electron chi connectivity index (χ0n) is 11.4. The van der Waals surface area contributed by atoms with Crippen molar-refractivity contribution in [1.29, 1.82) is 0 Å². The average molecular weight is 332 g/mol. The van der Waals surface area contributed by atoms with Gasteiger partial charge in [-0.2, -0.15) is 0 Å². The Kier molecular flexibility index (Phi) is 4.26. The molecule has 3 heteroatoms. The SMILES string of the molecule is Brc1cc(N2CCCC2)ccc1OCc1ccccc1. The minimum Gasteiger partial charge on any atom is -0.488 e. The first-order valence-corrected chi connectivity index (χ1v) is 7.83. The van der Waals surface area contributed by atoms with Crippen LogP contribution < -0.4 is 9.64 Å². The van der Waals surface area contributed by atoms with Crippen LogP contribution in [0.3, 0.4) is 0 Å². The third-order valence-electron chi connectivity index (χ3n) is 3.62. The highest BCUT2D eigenvalue weighted by molar-refractivity contribution is 9.10. The fourth-order valence-electron chi connectivity index (χ4n) is 2.51. The van der Waals surface area contributed by atoms with Crippen LogP contribution in [-0.4, -0.2) is 13.1 Å². The lowest BCUT2D eigenvalue weighted by Crippen LogP contribution is -2.17. The van der Waals surface area contributed by atoms with Gasteiger partial charge < -0.3 is 9.64 Å². The van der Waals surface area contributed by atoms with E-state index in [0.29, 0.717) is 6.61 Å². The summed E-state index contributed by atoms with van der Waals surface area (Å²) >= 11 is 3.62. The summed E-state index contributed by atoms with van der Waals surface area (Å²) in [4.78, 5) is 2.42. The molecule has 0 spiro atoms. The second kappa shape index (κ2) is 6.31. The Morgan fingerprint density at radius 2 is 1.75 bits per heavy atom. The number of ether oxygens (including phenoxy) is 1. The molecule has 20 heavy (non-hydrogen) atoms. The Balaban J connectivity index is 1.68. The molecule has 2 nitrogen and oxygen atoms in total. The van der Waals surface area contributed by atoms with Crippen molar-refractivity contribution in [3.8, 4) is 5.75 Å². The Labute approximate surface area is 128 Å². The molecule has 0 amide bonds. The molecule has 0 N–H and O–H groups in total. The van der Waals surface area contributed by atoms with E-state index in [1.54, 1.807) is 0 Å². The fourth-order valence-corrected chi connectivity index (χ4v) is 3.00. The van der Waals surface area contributed by atoms with E-state index in [2.05, 4.69) is 51.2 Å². The number of benzene rings is 2. The van der Waals surface area contributed by atoms with Gasteiger partial charge in [-0.25, -0.2) is 0 Å². The predicted octanol–water partition coefficient (Wildman–Crippen LogP) is 4.63. The van der Waals surface area contributed by atoms with Crippen LogP contribution in [-0.2, 0) is 6.61 Å². The molecule has 0 aliphatic carbocycles. The van der Waals surface area contributed by atoms with Gasteiger partial charge >= 0.3 is 0 Å². The number of nitrogens with zero attached hydrogens (tertiary/aromatic N) is 1. The molecule has 1 heterocycles. The van der Waals surface area contributed by atoms with Crippen molar-refractivity contribution >= 4 is 21.6 Å². The largest absolute Gasteiger partial charge is 0.488 e. The highest BCUT2D eigenvalue weighted by Crippen LogP contribution is 2.31. The molecular weight excluding hydrogens is 314 g/mol. The number of anilines is 1. The molecule has 0 radical (unpaired) electrons. The van der Waals surface area contributed by atoms with Crippen LogP contribution in [0.2, 0.25) is 0 Å². The quantitative estimate of drug-likeness (QED) is 0.809. The van der Waals surface area contributed by atoms with Crippen molar-refractivity contribution in [3.05, 3.63) is 58.6 Å². The van der Waals surface area contributed by atoms with Gasteiger partial charge in [0, 0.05) is 18.8 Å². The van der Waals surface area contributed by atoms with Crippen molar-refractivity contribution in [2.24, 2.45) is 0 Å². The molecule has 0 atom stereocenters. The highest BCUT2D eigenvalue weighted by atomic mass is 79.9. The van der Waals surface area contributed by atoms with Crippen molar-refractivity contribution in [1.82, 2.24) is 0 Å². The first-order valence-electron chi connectivity index (χ1n) is 7.04. The van der Waals surface area contributed by atoms with E-state index < -0.39 is 0 Å². The van der Waals surface area contributed by atoms with Gasteiger partial charge in [0.2, 0.25) is 0 Å². The molecule has 0 aromatic heterocycles. The summed E-state index contributed by atoms with van der Waals surface area (Å²) in [6, 6.07) is 16.6. The fraction of sp³-hybridized carbons (Fsp3) is 0.294. The Bertz CT molecular complexity index is 564. The third kappa shape index (κ3) is 3.15. The molecule has 1 aliphatic heterocycles. The monoisotopic (exact) mass is 331 g/mol. The number of hydrogen-bond donors (Lipinski definition) is 0. The van der Waals surface area contributed by atoms with E-state index in [4.69, 9.17) is 4.74 Å². The first-order chi connectivity index (χ1) is 9.83. The Morgan fingerprint density at radius 1 is 1.00 bits per heavy atom. The lowest BCUT2D eigenvalue weighted by molar-refractivity contribution is 0.304. The third-order valence-corrected chi connectivity index (χ3v) is 4.24. The van der Waals surface area contributed by atoms with E-state index in [1.807, 2.05) is 18.2 Å². The molecule has 2 aromatic carbocycles. The maximum atomic E-state index is 5.88. The summed E-state index contributed by atoms with van der Waals surface area (Å²) in [6.07, 6.45) is 2.59. The summed E-state index contributed by atoms with van der Waals surface area (Å²) in [7, 11) is 0. The molecular formula is C17H18BrNO. The topological polar surface area (TPSA) is 12.5 Å². The van der Waals surface area contributed by atoms with Gasteiger partial charge in [-0.15, -0.1) is 0 Å². The summed E-state index contributed by atoms with van der Waals surface area (Å²) in [5, 5.41) is 0. The van der Waals surface area contributed by atoms with Crippen LogP contribution in [0, 0.1) is 0 Å². The van der Waals surface area contributed by atoms with E-state index >= 15 is 0 Å². The maximum absolute atomic E-state index is 5.88. The van der Waals surface area contributed by atoms with Crippen LogP contribution in [0.4, 0.5) is 5.69 Å². The van der Waals surface area contributed by atoms with Crippen LogP contribution in [0.1, 0.15) is 18.4 Å². The number of hydrogen-bond acceptors (Lipinski definition) is 2. The zero-order chi connectivity index (χ0) is 13.8.